The topological polar surface area (TPSA) is 78.1 Å². The zero-order chi connectivity index (χ0) is 25.1. The summed E-state index contributed by atoms with van der Waals surface area (Å²) in [5, 5.41) is 1.34. The van der Waals surface area contributed by atoms with Crippen molar-refractivity contribution in [2.45, 2.75) is 42.4 Å². The maximum Gasteiger partial charge on any atom is 0.182 e. The highest BCUT2D eigenvalue weighted by Gasteiger charge is 2.35. The summed E-state index contributed by atoms with van der Waals surface area (Å²) < 4.78 is 41.1. The Hall–Kier alpha value is -3.49. The van der Waals surface area contributed by atoms with Gasteiger partial charge in [0.05, 0.1) is 27.9 Å². The van der Waals surface area contributed by atoms with E-state index in [1.807, 2.05) is 49.4 Å². The molecule has 0 fully saturated rings. The van der Waals surface area contributed by atoms with Gasteiger partial charge in [-0.2, -0.15) is 0 Å². The molecule has 2 heterocycles. The standard InChI is InChI=1S/C28H29FN4O2S/c1-20-28(31-19-30-20)17-24(15-21-7-3-2-4-8-21)33-18-26(16-22-9-5-6-10-27(22)32-33)36(34,35)25-13-11-23(29)12-14-25/h2-14,19,24,26,32H,15-18H2,1H3,(H,30,31). The molecule has 0 spiro atoms. The van der Waals surface area contributed by atoms with Crippen molar-refractivity contribution >= 4 is 15.5 Å². The molecule has 2 N–H and O–H groups in total. The number of aromatic nitrogens is 2. The lowest BCUT2D eigenvalue weighted by Gasteiger charge is -2.33. The van der Waals surface area contributed by atoms with Gasteiger partial charge in [0.25, 0.3) is 0 Å². The molecule has 8 heteroatoms. The van der Waals surface area contributed by atoms with Gasteiger partial charge in [-0.05, 0) is 61.2 Å². The Balaban J connectivity index is 1.54. The van der Waals surface area contributed by atoms with Crippen molar-refractivity contribution < 1.29 is 12.8 Å². The molecule has 36 heavy (non-hydrogen) atoms. The number of nitrogens with one attached hydrogen (secondary N) is 2. The Morgan fingerprint density at radius 3 is 2.44 bits per heavy atom. The first-order valence-corrected chi connectivity index (χ1v) is 13.6. The van der Waals surface area contributed by atoms with Crippen molar-refractivity contribution in [2.75, 3.05) is 12.0 Å². The maximum atomic E-state index is 13.8. The Morgan fingerprint density at radius 1 is 1.00 bits per heavy atom. The molecule has 186 valence electrons. The quantitative estimate of drug-likeness (QED) is 0.356. The average molecular weight is 505 g/mol. The first-order chi connectivity index (χ1) is 17.4. The van der Waals surface area contributed by atoms with Gasteiger partial charge in [-0.15, -0.1) is 0 Å². The van der Waals surface area contributed by atoms with Crippen LogP contribution in [0.15, 0.2) is 90.1 Å². The third-order valence-corrected chi connectivity index (χ3v) is 8.95. The lowest BCUT2D eigenvalue weighted by molar-refractivity contribution is 0.236. The number of anilines is 1. The summed E-state index contributed by atoms with van der Waals surface area (Å²) in [5.74, 6) is -0.458. The van der Waals surface area contributed by atoms with Gasteiger partial charge >= 0.3 is 0 Å². The minimum atomic E-state index is -3.72. The molecule has 0 radical (unpaired) electrons. The Bertz CT molecular complexity index is 1420. The highest BCUT2D eigenvalue weighted by Crippen LogP contribution is 2.30. The SMILES string of the molecule is Cc1[nH]cnc1CC(Cc1ccccc1)N1CC(S(=O)(=O)c2ccc(F)cc2)Cc2ccccc2N1. The van der Waals surface area contributed by atoms with Gasteiger partial charge in [0, 0.05) is 24.7 Å². The van der Waals surface area contributed by atoms with Gasteiger partial charge in [0.1, 0.15) is 5.82 Å². The molecular weight excluding hydrogens is 475 g/mol. The lowest BCUT2D eigenvalue weighted by atomic mass is 10.00. The van der Waals surface area contributed by atoms with Crippen LogP contribution in [0.25, 0.3) is 0 Å². The number of sulfone groups is 1. The number of rotatable bonds is 7. The van der Waals surface area contributed by atoms with Crippen LogP contribution in [0, 0.1) is 12.7 Å². The Morgan fingerprint density at radius 2 is 1.72 bits per heavy atom. The number of imidazole rings is 1. The molecule has 2 unspecified atom stereocenters. The maximum absolute atomic E-state index is 13.8. The predicted octanol–water partition coefficient (Wildman–Crippen LogP) is 4.74. The smallest absolute Gasteiger partial charge is 0.182 e. The number of nitrogens with zero attached hydrogens (tertiary/aromatic N) is 2. The van der Waals surface area contributed by atoms with Crippen molar-refractivity contribution in [3.8, 4) is 0 Å². The molecule has 0 saturated heterocycles. The number of hydrogen-bond acceptors (Lipinski definition) is 5. The van der Waals surface area contributed by atoms with Gasteiger partial charge in [0.2, 0.25) is 0 Å². The molecule has 0 amide bonds. The summed E-state index contributed by atoms with van der Waals surface area (Å²) in [4.78, 5) is 7.81. The molecule has 1 aromatic heterocycles. The largest absolute Gasteiger partial charge is 0.348 e. The highest BCUT2D eigenvalue weighted by molar-refractivity contribution is 7.92. The van der Waals surface area contributed by atoms with E-state index in [1.165, 1.54) is 24.3 Å². The summed E-state index contributed by atoms with van der Waals surface area (Å²) >= 11 is 0. The van der Waals surface area contributed by atoms with Crippen LogP contribution in [-0.4, -0.2) is 41.2 Å². The molecule has 0 bridgehead atoms. The van der Waals surface area contributed by atoms with Crippen molar-refractivity contribution in [1.29, 1.82) is 0 Å². The second-order valence-electron chi connectivity index (χ2n) is 9.27. The molecule has 6 nitrogen and oxygen atoms in total. The van der Waals surface area contributed by atoms with E-state index < -0.39 is 20.9 Å². The van der Waals surface area contributed by atoms with E-state index in [-0.39, 0.29) is 17.5 Å². The molecule has 1 aliphatic heterocycles. The highest BCUT2D eigenvalue weighted by atomic mass is 32.2. The van der Waals surface area contributed by atoms with E-state index in [4.69, 9.17) is 0 Å². The summed E-state index contributed by atoms with van der Waals surface area (Å²) in [5.41, 5.74) is 8.49. The number of aryl methyl sites for hydroxylation is 1. The van der Waals surface area contributed by atoms with Gasteiger partial charge in [0.15, 0.2) is 9.84 Å². The van der Waals surface area contributed by atoms with Crippen molar-refractivity contribution in [1.82, 2.24) is 15.0 Å². The molecule has 3 aromatic carbocycles. The fourth-order valence-corrected chi connectivity index (χ4v) is 6.45. The molecule has 5 rings (SSSR count). The monoisotopic (exact) mass is 504 g/mol. The number of H-pyrrole nitrogens is 1. The van der Waals surface area contributed by atoms with Crippen LogP contribution in [0.1, 0.15) is 22.5 Å². The molecule has 0 aliphatic carbocycles. The number of para-hydroxylation sites is 1. The number of hydrazine groups is 1. The molecular formula is C28H29FN4O2S. The van der Waals surface area contributed by atoms with E-state index in [1.54, 1.807) is 6.33 Å². The van der Waals surface area contributed by atoms with Crippen molar-refractivity contribution in [3.63, 3.8) is 0 Å². The minimum Gasteiger partial charge on any atom is -0.348 e. The van der Waals surface area contributed by atoms with Crippen molar-refractivity contribution in [2.24, 2.45) is 0 Å². The molecule has 2 atom stereocenters. The first-order valence-electron chi connectivity index (χ1n) is 12.0. The second kappa shape index (κ2) is 10.2. The number of halogens is 1. The lowest BCUT2D eigenvalue weighted by Crippen LogP contribution is -2.47. The minimum absolute atomic E-state index is 0.0635. The first kappa shape index (κ1) is 24.2. The van der Waals surface area contributed by atoms with E-state index >= 15 is 0 Å². The fourth-order valence-electron chi connectivity index (χ4n) is 4.80. The Kier molecular flexibility index (Phi) is 6.89. The van der Waals surface area contributed by atoms with Crippen LogP contribution in [0.3, 0.4) is 0 Å². The molecule has 0 saturated carbocycles. The summed E-state index contributed by atoms with van der Waals surface area (Å²) in [7, 11) is -3.72. The number of aromatic amines is 1. The van der Waals surface area contributed by atoms with Crippen LogP contribution in [-0.2, 0) is 29.1 Å². The fraction of sp³-hybridized carbons (Fsp3) is 0.250. The molecule has 4 aromatic rings. The summed E-state index contributed by atoms with van der Waals surface area (Å²) in [6, 6.07) is 23.0. The van der Waals surface area contributed by atoms with Crippen LogP contribution >= 0.6 is 0 Å². The Labute approximate surface area is 211 Å². The third kappa shape index (κ3) is 5.20. The second-order valence-corrected chi connectivity index (χ2v) is 11.5. The van der Waals surface area contributed by atoms with Gasteiger partial charge in [-0.3, -0.25) is 0 Å². The van der Waals surface area contributed by atoms with Gasteiger partial charge in [-0.1, -0.05) is 48.5 Å². The summed E-state index contributed by atoms with van der Waals surface area (Å²) in [6.45, 7) is 2.27. The van der Waals surface area contributed by atoms with E-state index in [0.29, 0.717) is 19.3 Å². The zero-order valence-electron chi connectivity index (χ0n) is 20.1. The van der Waals surface area contributed by atoms with Gasteiger partial charge in [-0.25, -0.2) is 22.8 Å². The summed E-state index contributed by atoms with van der Waals surface area (Å²) in [6.07, 6.45) is 3.41. The van der Waals surface area contributed by atoms with E-state index in [9.17, 15) is 12.8 Å². The van der Waals surface area contributed by atoms with Gasteiger partial charge < -0.3 is 10.4 Å². The number of benzene rings is 3. The van der Waals surface area contributed by atoms with Crippen LogP contribution < -0.4 is 5.43 Å². The number of fused-ring (bicyclic) bond motifs is 1. The third-order valence-electron chi connectivity index (χ3n) is 6.83. The van der Waals surface area contributed by atoms with Crippen LogP contribution in [0.5, 0.6) is 0 Å². The van der Waals surface area contributed by atoms with Crippen molar-refractivity contribution in [3.05, 3.63) is 114 Å². The average Bonchev–Trinajstić information content (AvgIpc) is 3.17. The normalized spacial score (nSPS) is 17.1. The van der Waals surface area contributed by atoms with E-state index in [0.717, 1.165) is 28.2 Å². The zero-order valence-corrected chi connectivity index (χ0v) is 20.9. The number of hydrogen-bond donors (Lipinski definition) is 2. The molecule has 1 aliphatic rings. The van der Waals surface area contributed by atoms with Crippen LogP contribution in [0.4, 0.5) is 10.1 Å². The van der Waals surface area contributed by atoms with Crippen LogP contribution in [0.2, 0.25) is 0 Å². The van der Waals surface area contributed by atoms with E-state index in [2.05, 4.69) is 32.5 Å². The predicted molar refractivity (Wildman–Crippen MR) is 139 cm³/mol.